The van der Waals surface area contributed by atoms with E-state index >= 15 is 0 Å². The predicted octanol–water partition coefficient (Wildman–Crippen LogP) is 2.80. The van der Waals surface area contributed by atoms with E-state index in [1.165, 1.54) is 6.42 Å². The molecule has 0 aliphatic heterocycles. The Morgan fingerprint density at radius 3 is 2.87 bits per heavy atom. The van der Waals surface area contributed by atoms with Crippen molar-refractivity contribution in [3.63, 3.8) is 0 Å². The zero-order valence-corrected chi connectivity index (χ0v) is 10.9. The number of hydrogen-bond acceptors (Lipinski definition) is 2. The van der Waals surface area contributed by atoms with Gasteiger partial charge in [0.2, 0.25) is 5.91 Å². The molecule has 0 aromatic carbocycles. The Balaban J connectivity index is 2.10. The second-order valence-corrected chi connectivity index (χ2v) is 5.60. The summed E-state index contributed by atoms with van der Waals surface area (Å²) in [5.41, 5.74) is 0. The third-order valence-corrected chi connectivity index (χ3v) is 4.23. The molecule has 1 aliphatic carbocycles. The Hall–Kier alpha value is 0.110. The van der Waals surface area contributed by atoms with Gasteiger partial charge < -0.3 is 5.32 Å². The molecule has 1 amide bonds. The topological polar surface area (TPSA) is 29.1 Å². The lowest BCUT2D eigenvalue weighted by Gasteiger charge is -2.12. The zero-order chi connectivity index (χ0) is 11.1. The number of alkyl halides is 1. The number of hydrogen-bond donors (Lipinski definition) is 1. The summed E-state index contributed by atoms with van der Waals surface area (Å²) in [6.07, 6.45) is 8.16. The first kappa shape index (κ1) is 13.2. The summed E-state index contributed by atoms with van der Waals surface area (Å²) in [5, 5.41) is 3.85. The fourth-order valence-electron chi connectivity index (χ4n) is 1.97. The van der Waals surface area contributed by atoms with Crippen LogP contribution in [-0.4, -0.2) is 29.3 Å². The van der Waals surface area contributed by atoms with Crippen molar-refractivity contribution in [3.8, 4) is 0 Å². The Kier molecular flexibility index (Phi) is 6.50. The molecular formula is C11H20ClNOS. The van der Waals surface area contributed by atoms with Crippen LogP contribution in [0.25, 0.3) is 0 Å². The number of thioether (sulfide) groups is 1. The SMILES string of the molecule is CSC1CCC(NC(=O)CCCCCl)C1. The molecule has 88 valence electrons. The summed E-state index contributed by atoms with van der Waals surface area (Å²) in [6.45, 7) is 0. The average Bonchev–Trinajstić information content (AvgIpc) is 2.66. The zero-order valence-electron chi connectivity index (χ0n) is 9.30. The smallest absolute Gasteiger partial charge is 0.220 e. The molecule has 1 fully saturated rings. The highest BCUT2D eigenvalue weighted by molar-refractivity contribution is 7.99. The van der Waals surface area contributed by atoms with E-state index in [9.17, 15) is 4.79 Å². The van der Waals surface area contributed by atoms with Crippen LogP contribution in [0.1, 0.15) is 38.5 Å². The number of carbonyl (C=O) groups excluding carboxylic acids is 1. The van der Waals surface area contributed by atoms with Crippen LogP contribution in [0.3, 0.4) is 0 Å². The van der Waals surface area contributed by atoms with E-state index in [1.807, 2.05) is 11.8 Å². The Labute approximate surface area is 102 Å². The van der Waals surface area contributed by atoms with Crippen LogP contribution < -0.4 is 5.32 Å². The first-order valence-corrected chi connectivity index (χ1v) is 7.46. The van der Waals surface area contributed by atoms with E-state index in [2.05, 4.69) is 11.6 Å². The molecule has 1 saturated carbocycles. The van der Waals surface area contributed by atoms with E-state index in [0.717, 1.165) is 30.9 Å². The molecule has 1 N–H and O–H groups in total. The van der Waals surface area contributed by atoms with Crippen LogP contribution in [0.2, 0.25) is 0 Å². The van der Waals surface area contributed by atoms with Crippen LogP contribution in [-0.2, 0) is 4.79 Å². The third kappa shape index (κ3) is 5.12. The van der Waals surface area contributed by atoms with Crippen molar-refractivity contribution in [2.24, 2.45) is 0 Å². The lowest BCUT2D eigenvalue weighted by Crippen LogP contribution is -2.32. The highest BCUT2D eigenvalue weighted by atomic mass is 35.5. The van der Waals surface area contributed by atoms with E-state index < -0.39 is 0 Å². The van der Waals surface area contributed by atoms with Crippen molar-refractivity contribution in [3.05, 3.63) is 0 Å². The van der Waals surface area contributed by atoms with Crippen molar-refractivity contribution in [2.45, 2.75) is 49.8 Å². The largest absolute Gasteiger partial charge is 0.353 e. The molecule has 0 aromatic rings. The van der Waals surface area contributed by atoms with Gasteiger partial charge in [0.1, 0.15) is 0 Å². The number of carbonyl (C=O) groups is 1. The van der Waals surface area contributed by atoms with Crippen LogP contribution >= 0.6 is 23.4 Å². The Bertz CT molecular complexity index is 201. The fourth-order valence-corrected chi connectivity index (χ4v) is 2.95. The molecule has 1 rings (SSSR count). The summed E-state index contributed by atoms with van der Waals surface area (Å²) in [6, 6.07) is 0.422. The van der Waals surface area contributed by atoms with Crippen LogP contribution in [0, 0.1) is 0 Å². The number of nitrogens with one attached hydrogen (secondary N) is 1. The molecular weight excluding hydrogens is 230 g/mol. The maximum absolute atomic E-state index is 11.5. The van der Waals surface area contributed by atoms with Gasteiger partial charge in [-0.05, 0) is 38.4 Å². The quantitative estimate of drug-likeness (QED) is 0.579. The highest BCUT2D eigenvalue weighted by Crippen LogP contribution is 2.28. The molecule has 1 aliphatic rings. The van der Waals surface area contributed by atoms with Crippen molar-refractivity contribution < 1.29 is 4.79 Å². The van der Waals surface area contributed by atoms with Crippen LogP contribution in [0.5, 0.6) is 0 Å². The van der Waals surface area contributed by atoms with Crippen LogP contribution in [0.15, 0.2) is 0 Å². The first-order chi connectivity index (χ1) is 7.26. The molecule has 0 heterocycles. The minimum absolute atomic E-state index is 0.201. The van der Waals surface area contributed by atoms with Gasteiger partial charge in [-0.25, -0.2) is 0 Å². The van der Waals surface area contributed by atoms with Crippen molar-refractivity contribution in [2.75, 3.05) is 12.1 Å². The molecule has 4 heteroatoms. The normalized spacial score (nSPS) is 25.5. The third-order valence-electron chi connectivity index (χ3n) is 2.87. The molecule has 0 aromatic heterocycles. The van der Waals surface area contributed by atoms with Gasteiger partial charge in [0, 0.05) is 23.6 Å². The van der Waals surface area contributed by atoms with Crippen molar-refractivity contribution in [1.82, 2.24) is 5.32 Å². The van der Waals surface area contributed by atoms with Gasteiger partial charge in [0.05, 0.1) is 0 Å². The fraction of sp³-hybridized carbons (Fsp3) is 0.909. The molecule has 2 unspecified atom stereocenters. The molecule has 0 radical (unpaired) electrons. The summed E-state index contributed by atoms with van der Waals surface area (Å²) in [4.78, 5) is 11.5. The van der Waals surface area contributed by atoms with Crippen LogP contribution in [0.4, 0.5) is 0 Å². The minimum atomic E-state index is 0.201. The maximum Gasteiger partial charge on any atom is 0.220 e. The Morgan fingerprint density at radius 1 is 1.47 bits per heavy atom. The molecule has 2 atom stereocenters. The summed E-state index contributed by atoms with van der Waals surface area (Å²) >= 11 is 7.47. The second kappa shape index (κ2) is 7.39. The summed E-state index contributed by atoms with van der Waals surface area (Å²) < 4.78 is 0. The van der Waals surface area contributed by atoms with E-state index in [0.29, 0.717) is 18.3 Å². The highest BCUT2D eigenvalue weighted by Gasteiger charge is 2.24. The Morgan fingerprint density at radius 2 is 2.27 bits per heavy atom. The molecule has 15 heavy (non-hydrogen) atoms. The number of amides is 1. The van der Waals surface area contributed by atoms with E-state index in [-0.39, 0.29) is 5.91 Å². The van der Waals surface area contributed by atoms with Gasteiger partial charge in [-0.2, -0.15) is 11.8 Å². The first-order valence-electron chi connectivity index (χ1n) is 5.64. The minimum Gasteiger partial charge on any atom is -0.353 e. The van der Waals surface area contributed by atoms with Gasteiger partial charge in [0.15, 0.2) is 0 Å². The van der Waals surface area contributed by atoms with Crippen molar-refractivity contribution in [1.29, 1.82) is 0 Å². The lowest BCUT2D eigenvalue weighted by atomic mass is 10.2. The van der Waals surface area contributed by atoms with Gasteiger partial charge in [-0.3, -0.25) is 4.79 Å². The second-order valence-electron chi connectivity index (χ2n) is 4.08. The lowest BCUT2D eigenvalue weighted by molar-refractivity contribution is -0.121. The monoisotopic (exact) mass is 249 g/mol. The summed E-state index contributed by atoms with van der Waals surface area (Å²) in [7, 11) is 0. The van der Waals surface area contributed by atoms with Crippen molar-refractivity contribution >= 4 is 29.3 Å². The number of rotatable bonds is 6. The van der Waals surface area contributed by atoms with Gasteiger partial charge >= 0.3 is 0 Å². The van der Waals surface area contributed by atoms with E-state index in [4.69, 9.17) is 11.6 Å². The number of unbranched alkanes of at least 4 members (excludes halogenated alkanes) is 1. The predicted molar refractivity (Wildman–Crippen MR) is 67.7 cm³/mol. The number of halogens is 1. The molecule has 2 nitrogen and oxygen atoms in total. The maximum atomic E-state index is 11.5. The molecule has 0 spiro atoms. The summed E-state index contributed by atoms with van der Waals surface area (Å²) in [5.74, 6) is 0.859. The van der Waals surface area contributed by atoms with Gasteiger partial charge in [-0.15, -0.1) is 11.6 Å². The van der Waals surface area contributed by atoms with E-state index in [1.54, 1.807) is 0 Å². The average molecular weight is 250 g/mol. The molecule has 0 saturated heterocycles. The standard InChI is InChI=1S/C11H20ClNOS/c1-15-10-6-5-9(8-10)13-11(14)4-2-3-7-12/h9-10H,2-8H2,1H3,(H,13,14). The van der Waals surface area contributed by atoms with Gasteiger partial charge in [-0.1, -0.05) is 0 Å². The van der Waals surface area contributed by atoms with Gasteiger partial charge in [0.25, 0.3) is 0 Å². The molecule has 0 bridgehead atoms.